The Balaban J connectivity index is 0.00000192. The average Bonchev–Trinajstić information content (AvgIpc) is 2.55. The van der Waals surface area contributed by atoms with E-state index in [-0.39, 0.29) is 31.1 Å². The van der Waals surface area contributed by atoms with Gasteiger partial charge in [-0.15, -0.1) is 0 Å². The highest BCUT2D eigenvalue weighted by Gasteiger charge is 2.30. The van der Waals surface area contributed by atoms with E-state index in [0.717, 1.165) is 32.8 Å². The molecule has 6 nitrogen and oxygen atoms in total. The first kappa shape index (κ1) is 17.8. The largest absolute Gasteiger partial charge is 1.00 e. The average molecular weight is 344 g/mol. The van der Waals surface area contributed by atoms with Crippen LogP contribution >= 0.6 is 0 Å². The molecule has 0 aliphatic carbocycles. The molecule has 3 rings (SSSR count). The summed E-state index contributed by atoms with van der Waals surface area (Å²) in [4.78, 5) is 13.6. The molecule has 0 bridgehead atoms. The molecule has 7 heteroatoms. The Kier molecular flexibility index (Phi) is 6.50. The molecule has 0 spiro atoms. The number of hydrogen-bond donors (Lipinski definition) is 1. The Bertz CT molecular complexity index is 521. The Hall–Kier alpha value is -1.50. The number of halogens is 1. The van der Waals surface area contributed by atoms with Crippen molar-refractivity contribution in [1.82, 2.24) is 0 Å². The van der Waals surface area contributed by atoms with Crippen LogP contribution in [0, 0.1) is 0 Å². The number of nitrogens with one attached hydrogen (secondary N) is 1. The van der Waals surface area contributed by atoms with Crippen molar-refractivity contribution in [3.8, 4) is 11.5 Å². The van der Waals surface area contributed by atoms with Gasteiger partial charge in [0, 0.05) is 0 Å². The maximum Gasteiger partial charge on any atom is 0.351 e. The topological polar surface area (TPSA) is 58.4 Å². The van der Waals surface area contributed by atoms with E-state index in [1.54, 1.807) is 6.07 Å². The van der Waals surface area contributed by atoms with Gasteiger partial charge in [0.2, 0.25) is 6.10 Å². The highest BCUT2D eigenvalue weighted by molar-refractivity contribution is 5.76. The van der Waals surface area contributed by atoms with Gasteiger partial charge in [0.05, 0.1) is 13.2 Å². The third-order valence-corrected chi connectivity index (χ3v) is 3.86. The molecule has 2 aliphatic heterocycles. The van der Waals surface area contributed by atoms with Crippen LogP contribution in [0.1, 0.15) is 6.92 Å². The van der Waals surface area contributed by atoms with E-state index in [0.29, 0.717) is 11.5 Å². The first-order chi connectivity index (χ1) is 10.7. The number of benzene rings is 1. The molecule has 1 saturated heterocycles. The van der Waals surface area contributed by atoms with Gasteiger partial charge in [0.1, 0.15) is 32.3 Å². The highest BCUT2D eigenvalue weighted by Crippen LogP contribution is 2.31. The van der Waals surface area contributed by atoms with Crippen LogP contribution in [0.15, 0.2) is 24.3 Å². The summed E-state index contributed by atoms with van der Waals surface area (Å²) in [7, 11) is 0. The Morgan fingerprint density at radius 1 is 1.30 bits per heavy atom. The summed E-state index contributed by atoms with van der Waals surface area (Å²) in [6, 6.07) is 7.33. The lowest BCUT2D eigenvalue weighted by molar-refractivity contribution is -0.910. The van der Waals surface area contributed by atoms with E-state index in [1.165, 1.54) is 4.90 Å². The smallest absolute Gasteiger partial charge is 0.351 e. The first-order valence-electron chi connectivity index (χ1n) is 7.72. The minimum absolute atomic E-state index is 0. The summed E-state index contributed by atoms with van der Waals surface area (Å²) in [5.74, 6) is 0.883. The fourth-order valence-corrected chi connectivity index (χ4v) is 2.72. The third-order valence-electron chi connectivity index (χ3n) is 3.86. The fraction of sp³-hybridized carbons (Fsp3) is 0.562. The Morgan fingerprint density at radius 3 is 2.74 bits per heavy atom. The lowest BCUT2D eigenvalue weighted by Gasteiger charge is -2.28. The molecule has 1 N–H and O–H groups in total. The molecule has 2 atom stereocenters. The maximum absolute atomic E-state index is 12.2. The van der Waals surface area contributed by atoms with Gasteiger partial charge in [0.15, 0.2) is 11.5 Å². The molecule has 0 saturated carbocycles. The van der Waals surface area contributed by atoms with Gasteiger partial charge >= 0.3 is 5.97 Å². The van der Waals surface area contributed by atoms with E-state index in [9.17, 15) is 4.79 Å². The molecule has 23 heavy (non-hydrogen) atoms. The Labute approximate surface area is 142 Å². The van der Waals surface area contributed by atoms with Gasteiger partial charge in [0.25, 0.3) is 0 Å². The van der Waals surface area contributed by atoms with E-state index in [4.69, 9.17) is 18.9 Å². The second kappa shape index (κ2) is 8.38. The van der Waals surface area contributed by atoms with Crippen molar-refractivity contribution >= 4 is 5.97 Å². The lowest BCUT2D eigenvalue weighted by Crippen LogP contribution is -3.15. The zero-order valence-corrected chi connectivity index (χ0v) is 13.9. The molecule has 128 valence electrons. The third kappa shape index (κ3) is 4.73. The lowest BCUT2D eigenvalue weighted by atomic mass is 10.2. The first-order valence-corrected chi connectivity index (χ1v) is 7.72. The second-order valence-corrected chi connectivity index (χ2v) is 5.68. The molecule has 1 aromatic rings. The summed E-state index contributed by atoms with van der Waals surface area (Å²) < 4.78 is 22.0. The number of morpholine rings is 1. The van der Waals surface area contributed by atoms with Crippen molar-refractivity contribution in [3.63, 3.8) is 0 Å². The van der Waals surface area contributed by atoms with E-state index >= 15 is 0 Å². The van der Waals surface area contributed by atoms with Crippen molar-refractivity contribution in [2.24, 2.45) is 0 Å². The predicted molar refractivity (Wildman–Crippen MR) is 78.3 cm³/mol. The standard InChI is InChI=1S/C16H21NO5.ClH/c1-12(10-17-6-8-19-9-7-17)21-16(18)15-11-20-13-4-2-3-5-14(13)22-15;/h2-5,12,15H,6-11H2,1H3;1H. The SMILES string of the molecule is CC(C[NH+]1CCOCC1)OC(=O)C1COc2ccccc2O1.[Cl-]. The van der Waals surface area contributed by atoms with E-state index in [2.05, 4.69) is 0 Å². The molecule has 2 aliphatic rings. The van der Waals surface area contributed by atoms with Crippen LogP contribution < -0.4 is 26.8 Å². The number of para-hydroxylation sites is 2. The minimum atomic E-state index is -0.697. The number of esters is 1. The van der Waals surface area contributed by atoms with Crippen LogP contribution in [0.25, 0.3) is 0 Å². The van der Waals surface area contributed by atoms with Crippen LogP contribution in [-0.2, 0) is 14.3 Å². The maximum atomic E-state index is 12.2. The van der Waals surface area contributed by atoms with Crippen LogP contribution in [-0.4, -0.2) is 57.6 Å². The van der Waals surface area contributed by atoms with Gasteiger partial charge in [-0.1, -0.05) is 12.1 Å². The molecule has 2 unspecified atom stereocenters. The minimum Gasteiger partial charge on any atom is -1.00 e. The zero-order valence-electron chi connectivity index (χ0n) is 13.1. The fourth-order valence-electron chi connectivity index (χ4n) is 2.72. The van der Waals surface area contributed by atoms with Crippen LogP contribution in [0.3, 0.4) is 0 Å². The van der Waals surface area contributed by atoms with Crippen LogP contribution in [0.2, 0.25) is 0 Å². The van der Waals surface area contributed by atoms with Crippen LogP contribution in [0.5, 0.6) is 11.5 Å². The normalized spacial score (nSPS) is 21.9. The Morgan fingerprint density at radius 2 is 2.00 bits per heavy atom. The molecule has 0 aromatic heterocycles. The number of carbonyl (C=O) groups excluding carboxylic acids is 1. The van der Waals surface area contributed by atoms with E-state index in [1.807, 2.05) is 25.1 Å². The molecule has 0 amide bonds. The highest BCUT2D eigenvalue weighted by atomic mass is 35.5. The molecule has 0 radical (unpaired) electrons. The van der Waals surface area contributed by atoms with Crippen molar-refractivity contribution in [3.05, 3.63) is 24.3 Å². The summed E-state index contributed by atoms with van der Waals surface area (Å²) in [5.41, 5.74) is 0. The van der Waals surface area contributed by atoms with E-state index < -0.39 is 6.10 Å². The number of hydrogen-bond acceptors (Lipinski definition) is 5. The van der Waals surface area contributed by atoms with Gasteiger partial charge in [-0.05, 0) is 19.1 Å². The number of rotatable bonds is 4. The quantitative estimate of drug-likeness (QED) is 0.580. The molecular formula is C16H22ClNO5. The van der Waals surface area contributed by atoms with Crippen molar-refractivity contribution in [2.75, 3.05) is 39.5 Å². The summed E-state index contributed by atoms with van der Waals surface area (Å²) in [6.07, 6.45) is -0.849. The van der Waals surface area contributed by atoms with Gasteiger partial charge < -0.3 is 36.3 Å². The zero-order chi connectivity index (χ0) is 15.4. The van der Waals surface area contributed by atoms with Gasteiger partial charge in [-0.3, -0.25) is 0 Å². The molecule has 2 heterocycles. The summed E-state index contributed by atoms with van der Waals surface area (Å²) in [5, 5.41) is 0. The summed E-state index contributed by atoms with van der Waals surface area (Å²) in [6.45, 7) is 6.35. The molecule has 1 aromatic carbocycles. The predicted octanol–water partition coefficient (Wildman–Crippen LogP) is -3.32. The number of fused-ring (bicyclic) bond motifs is 1. The monoisotopic (exact) mass is 343 g/mol. The van der Waals surface area contributed by atoms with Gasteiger partial charge in [-0.2, -0.15) is 0 Å². The van der Waals surface area contributed by atoms with Crippen molar-refractivity contribution in [1.29, 1.82) is 0 Å². The molecular weight excluding hydrogens is 322 g/mol. The second-order valence-electron chi connectivity index (χ2n) is 5.68. The number of quaternary nitrogens is 1. The molecule has 1 fully saturated rings. The number of ether oxygens (including phenoxy) is 4. The van der Waals surface area contributed by atoms with Crippen molar-refractivity contribution in [2.45, 2.75) is 19.1 Å². The van der Waals surface area contributed by atoms with Crippen molar-refractivity contribution < 1.29 is 41.0 Å². The van der Waals surface area contributed by atoms with Crippen LogP contribution in [0.4, 0.5) is 0 Å². The van der Waals surface area contributed by atoms with Gasteiger partial charge in [-0.25, -0.2) is 4.79 Å². The summed E-state index contributed by atoms with van der Waals surface area (Å²) >= 11 is 0. The number of carbonyl (C=O) groups is 1.